The molecule has 4 aliphatic carbocycles. The predicted molar refractivity (Wildman–Crippen MR) is 122 cm³/mol. The Bertz CT molecular complexity index is 642. The van der Waals surface area contributed by atoms with Gasteiger partial charge in [0.1, 0.15) is 0 Å². The van der Waals surface area contributed by atoms with Crippen LogP contribution in [0.2, 0.25) is 0 Å². The van der Waals surface area contributed by atoms with E-state index in [0.717, 1.165) is 49.4 Å². The Morgan fingerprint density at radius 3 is 2.50 bits per heavy atom. The largest absolute Gasteiger partial charge is 0.393 e. The standard InChI is InChI=1S/C27H46O3/c1-17(2)25(30-29)11-6-18(3)22-9-10-23-21-8-7-19-16-20(28)12-14-26(19,4)24(21)13-15-27(22,23)5/h7,17-18,20-25,28-29H,6,8-16H2,1-5H3/t18-,20+,21+,22-,23+,24+,25?,26+,27-/m1/s1. The summed E-state index contributed by atoms with van der Waals surface area (Å²) in [5.41, 5.74) is 2.40. The predicted octanol–water partition coefficient (Wildman–Crippen LogP) is 6.86. The first-order valence-electron chi connectivity index (χ1n) is 12.9. The molecule has 30 heavy (non-hydrogen) atoms. The van der Waals surface area contributed by atoms with Gasteiger partial charge in [0.25, 0.3) is 0 Å². The minimum Gasteiger partial charge on any atom is -0.393 e. The Morgan fingerprint density at radius 1 is 1.03 bits per heavy atom. The van der Waals surface area contributed by atoms with Gasteiger partial charge in [-0.3, -0.25) is 5.26 Å². The third kappa shape index (κ3) is 3.71. The number of aliphatic hydroxyl groups excluding tert-OH is 1. The van der Waals surface area contributed by atoms with Crippen molar-refractivity contribution in [3.8, 4) is 0 Å². The number of aliphatic hydroxyl groups is 1. The zero-order valence-electron chi connectivity index (χ0n) is 20.1. The van der Waals surface area contributed by atoms with Gasteiger partial charge in [0.2, 0.25) is 0 Å². The third-order valence-electron chi connectivity index (χ3n) is 10.6. The van der Waals surface area contributed by atoms with E-state index >= 15 is 0 Å². The molecular weight excluding hydrogens is 372 g/mol. The van der Waals surface area contributed by atoms with Crippen LogP contribution in [0.25, 0.3) is 0 Å². The van der Waals surface area contributed by atoms with E-state index in [4.69, 9.17) is 4.89 Å². The zero-order chi connectivity index (χ0) is 21.7. The lowest BCUT2D eigenvalue weighted by molar-refractivity contribution is -0.289. The van der Waals surface area contributed by atoms with Gasteiger partial charge in [-0.25, -0.2) is 4.89 Å². The van der Waals surface area contributed by atoms with Gasteiger partial charge in [-0.15, -0.1) is 0 Å². The van der Waals surface area contributed by atoms with Crippen LogP contribution in [0.4, 0.5) is 0 Å². The monoisotopic (exact) mass is 418 g/mol. The molecule has 0 amide bonds. The van der Waals surface area contributed by atoms with E-state index in [1.54, 1.807) is 5.57 Å². The van der Waals surface area contributed by atoms with Crippen LogP contribution in [-0.4, -0.2) is 22.6 Å². The molecule has 0 aromatic carbocycles. The fourth-order valence-corrected chi connectivity index (χ4v) is 8.75. The maximum atomic E-state index is 10.2. The molecule has 4 aliphatic rings. The smallest absolute Gasteiger partial charge is 0.0950 e. The second kappa shape index (κ2) is 8.52. The molecule has 4 rings (SSSR count). The lowest BCUT2D eigenvalue weighted by atomic mass is 9.47. The second-order valence-corrected chi connectivity index (χ2v) is 12.3. The highest BCUT2D eigenvalue weighted by molar-refractivity contribution is 5.25. The van der Waals surface area contributed by atoms with Crippen molar-refractivity contribution in [3.05, 3.63) is 11.6 Å². The summed E-state index contributed by atoms with van der Waals surface area (Å²) in [6.07, 6.45) is 14.4. The van der Waals surface area contributed by atoms with E-state index in [9.17, 15) is 10.4 Å². The maximum absolute atomic E-state index is 10.2. The molecule has 3 saturated carbocycles. The van der Waals surface area contributed by atoms with Crippen LogP contribution in [0.1, 0.15) is 98.8 Å². The average Bonchev–Trinajstić information content (AvgIpc) is 3.06. The number of fused-ring (bicyclic) bond motifs is 5. The van der Waals surface area contributed by atoms with Crippen molar-refractivity contribution in [1.82, 2.24) is 0 Å². The maximum Gasteiger partial charge on any atom is 0.0950 e. The van der Waals surface area contributed by atoms with E-state index in [0.29, 0.717) is 22.7 Å². The number of rotatable bonds is 6. The number of hydrogen-bond acceptors (Lipinski definition) is 3. The molecule has 3 nitrogen and oxygen atoms in total. The van der Waals surface area contributed by atoms with Gasteiger partial charge in [0.15, 0.2) is 0 Å². The Balaban J connectivity index is 1.47. The Morgan fingerprint density at radius 2 is 1.80 bits per heavy atom. The first-order valence-corrected chi connectivity index (χ1v) is 12.9. The van der Waals surface area contributed by atoms with Crippen molar-refractivity contribution < 1.29 is 15.3 Å². The summed E-state index contributed by atoms with van der Waals surface area (Å²) in [6, 6.07) is 0. The lowest BCUT2D eigenvalue weighted by Gasteiger charge is -2.58. The second-order valence-electron chi connectivity index (χ2n) is 12.3. The van der Waals surface area contributed by atoms with E-state index in [-0.39, 0.29) is 12.2 Å². The third-order valence-corrected chi connectivity index (χ3v) is 10.6. The van der Waals surface area contributed by atoms with Gasteiger partial charge in [-0.2, -0.15) is 0 Å². The first kappa shape index (κ1) is 22.8. The molecule has 9 atom stereocenters. The highest BCUT2D eigenvalue weighted by Gasteiger charge is 2.59. The molecule has 172 valence electrons. The molecule has 1 unspecified atom stereocenters. The molecule has 0 radical (unpaired) electrons. The van der Waals surface area contributed by atoms with Crippen molar-refractivity contribution in [2.75, 3.05) is 0 Å². The minimum absolute atomic E-state index is 0.0308. The molecule has 0 aromatic heterocycles. The van der Waals surface area contributed by atoms with Crippen LogP contribution in [0.5, 0.6) is 0 Å². The van der Waals surface area contributed by atoms with Crippen LogP contribution >= 0.6 is 0 Å². The topological polar surface area (TPSA) is 49.7 Å². The number of allylic oxidation sites excluding steroid dienone is 1. The summed E-state index contributed by atoms with van der Waals surface area (Å²) in [4.78, 5) is 4.77. The van der Waals surface area contributed by atoms with Gasteiger partial charge in [0, 0.05) is 0 Å². The highest BCUT2D eigenvalue weighted by Crippen LogP contribution is 2.67. The van der Waals surface area contributed by atoms with Gasteiger partial charge >= 0.3 is 0 Å². The van der Waals surface area contributed by atoms with Crippen LogP contribution in [0, 0.1) is 46.3 Å². The van der Waals surface area contributed by atoms with Crippen LogP contribution in [-0.2, 0) is 4.89 Å². The van der Waals surface area contributed by atoms with Crippen molar-refractivity contribution in [1.29, 1.82) is 0 Å². The molecule has 3 heteroatoms. The summed E-state index contributed by atoms with van der Waals surface area (Å²) in [7, 11) is 0. The fraction of sp³-hybridized carbons (Fsp3) is 0.926. The van der Waals surface area contributed by atoms with Crippen LogP contribution in [0.15, 0.2) is 11.6 Å². The molecule has 2 N–H and O–H groups in total. The molecule has 0 spiro atoms. The normalized spacial score (nSPS) is 45.3. The summed E-state index contributed by atoms with van der Waals surface area (Å²) in [6.45, 7) is 11.9. The van der Waals surface area contributed by atoms with Crippen LogP contribution < -0.4 is 0 Å². The lowest BCUT2D eigenvalue weighted by Crippen LogP contribution is -2.50. The summed E-state index contributed by atoms with van der Waals surface area (Å²) < 4.78 is 0. The quantitative estimate of drug-likeness (QED) is 0.281. The Kier molecular flexibility index (Phi) is 6.48. The highest BCUT2D eigenvalue weighted by atomic mass is 17.1. The summed E-state index contributed by atoms with van der Waals surface area (Å²) in [5.74, 6) is 4.39. The molecule has 0 saturated heterocycles. The molecule has 0 aliphatic heterocycles. The van der Waals surface area contributed by atoms with Crippen molar-refractivity contribution in [2.45, 2.75) is 111 Å². The van der Waals surface area contributed by atoms with Gasteiger partial charge < -0.3 is 5.11 Å². The Hall–Kier alpha value is -0.380. The van der Waals surface area contributed by atoms with E-state index in [1.807, 2.05) is 0 Å². The molecular formula is C27H46O3. The molecule has 0 heterocycles. The van der Waals surface area contributed by atoms with Gasteiger partial charge in [-0.05, 0) is 111 Å². The van der Waals surface area contributed by atoms with E-state index in [1.165, 1.54) is 38.5 Å². The van der Waals surface area contributed by atoms with Gasteiger partial charge in [0.05, 0.1) is 12.2 Å². The summed E-state index contributed by atoms with van der Waals surface area (Å²) >= 11 is 0. The Labute approximate surface area is 184 Å². The van der Waals surface area contributed by atoms with Crippen molar-refractivity contribution in [2.24, 2.45) is 46.3 Å². The fourth-order valence-electron chi connectivity index (χ4n) is 8.75. The zero-order valence-corrected chi connectivity index (χ0v) is 20.1. The van der Waals surface area contributed by atoms with E-state index < -0.39 is 0 Å². The van der Waals surface area contributed by atoms with Crippen molar-refractivity contribution >= 4 is 0 Å². The molecule has 0 bridgehead atoms. The minimum atomic E-state index is -0.107. The first-order chi connectivity index (χ1) is 14.2. The van der Waals surface area contributed by atoms with Crippen LogP contribution in [0.3, 0.4) is 0 Å². The van der Waals surface area contributed by atoms with Crippen molar-refractivity contribution in [3.63, 3.8) is 0 Å². The average molecular weight is 419 g/mol. The molecule has 0 aromatic rings. The number of hydrogen-bond donors (Lipinski definition) is 2. The van der Waals surface area contributed by atoms with Gasteiger partial charge in [-0.1, -0.05) is 46.3 Å². The van der Waals surface area contributed by atoms with E-state index in [2.05, 4.69) is 40.7 Å². The summed E-state index contributed by atoms with van der Waals surface area (Å²) in [5, 5.41) is 19.5. The molecule has 3 fully saturated rings. The SMILES string of the molecule is CC(C)C(CC[C@@H](C)[C@H]1CC[C@H]2[C@@H]3CC=C4C[C@@H](O)CC[C@]4(C)[C@H]3CC[C@]12C)OO.